The maximum absolute atomic E-state index is 11.2. The van der Waals surface area contributed by atoms with Gasteiger partial charge in [0.15, 0.2) is 0 Å². The van der Waals surface area contributed by atoms with Crippen LogP contribution in [0.4, 0.5) is 5.69 Å². The van der Waals surface area contributed by atoms with Gasteiger partial charge in [0.05, 0.1) is 13.7 Å². The lowest BCUT2D eigenvalue weighted by Crippen LogP contribution is -1.98. The maximum Gasteiger partial charge on any atom is 0.330 e. The summed E-state index contributed by atoms with van der Waals surface area (Å²) < 4.78 is 9.90. The van der Waals surface area contributed by atoms with E-state index in [-0.39, 0.29) is 5.69 Å². The van der Waals surface area contributed by atoms with Gasteiger partial charge in [0.25, 0.3) is 0 Å². The molecule has 1 rings (SSSR count). The topological polar surface area (TPSA) is 65.0 Å². The number of aryl methyl sites for hydroxylation is 1. The Morgan fingerprint density at radius 2 is 2.17 bits per heavy atom. The average Bonchev–Trinajstić information content (AvgIpc) is 2.37. The predicted octanol–water partition coefficient (Wildman–Crippen LogP) is 2.98. The zero-order valence-corrected chi connectivity index (χ0v) is 10.6. The maximum atomic E-state index is 11.2. The quantitative estimate of drug-likeness (QED) is 0.457. The molecule has 0 saturated carbocycles. The third-order valence-electron chi connectivity index (χ3n) is 2.33. The second-order valence-corrected chi connectivity index (χ2v) is 3.56. The molecule has 0 aromatic heterocycles. The van der Waals surface area contributed by atoms with E-state index in [0.717, 1.165) is 5.56 Å². The molecule has 0 bridgehead atoms. The normalized spacial score (nSPS) is 10.4. The zero-order chi connectivity index (χ0) is 13.5. The molecule has 0 amide bonds. The lowest BCUT2D eigenvalue weighted by atomic mass is 10.1. The molecule has 0 spiro atoms. The Hall–Kier alpha value is -2.17. The van der Waals surface area contributed by atoms with Crippen molar-refractivity contribution >= 4 is 17.7 Å². The fourth-order valence-corrected chi connectivity index (χ4v) is 1.47. The summed E-state index contributed by atoms with van der Waals surface area (Å²) in [5.74, 6) is 0.166. The number of nitroso groups, excluding NO2 is 1. The molecule has 1 aromatic carbocycles. The van der Waals surface area contributed by atoms with Gasteiger partial charge in [-0.05, 0) is 42.8 Å². The van der Waals surface area contributed by atoms with E-state index < -0.39 is 5.97 Å². The van der Waals surface area contributed by atoms with E-state index in [1.807, 2.05) is 6.92 Å². The number of hydrogen-bond donors (Lipinski definition) is 0. The lowest BCUT2D eigenvalue weighted by Gasteiger charge is -2.07. The van der Waals surface area contributed by atoms with E-state index in [0.29, 0.717) is 17.9 Å². The molecule has 0 aliphatic heterocycles. The van der Waals surface area contributed by atoms with Gasteiger partial charge in [-0.15, -0.1) is 4.91 Å². The van der Waals surface area contributed by atoms with Gasteiger partial charge >= 0.3 is 5.97 Å². The highest BCUT2D eigenvalue weighted by molar-refractivity contribution is 5.88. The second-order valence-electron chi connectivity index (χ2n) is 3.56. The third kappa shape index (κ3) is 3.41. The van der Waals surface area contributed by atoms with Gasteiger partial charge in [-0.1, -0.05) is 0 Å². The molecule has 5 heteroatoms. The highest BCUT2D eigenvalue weighted by Crippen LogP contribution is 2.29. The van der Waals surface area contributed by atoms with Crippen LogP contribution in [-0.2, 0) is 9.53 Å². The summed E-state index contributed by atoms with van der Waals surface area (Å²) in [6, 6.07) is 3.26. The summed E-state index contributed by atoms with van der Waals surface area (Å²) in [5, 5.41) is 2.92. The summed E-state index contributed by atoms with van der Waals surface area (Å²) in [4.78, 5) is 21.9. The highest BCUT2D eigenvalue weighted by atomic mass is 16.5. The van der Waals surface area contributed by atoms with Crippen molar-refractivity contribution < 1.29 is 14.3 Å². The number of hydrogen-bond acceptors (Lipinski definition) is 5. The molecular weight excluding hydrogens is 234 g/mol. The Balaban J connectivity index is 3.06. The number of rotatable bonds is 5. The Morgan fingerprint density at radius 3 is 2.72 bits per heavy atom. The molecular formula is C13H15NO4. The molecule has 0 aliphatic rings. The van der Waals surface area contributed by atoms with Crippen LogP contribution in [-0.4, -0.2) is 19.7 Å². The average molecular weight is 249 g/mol. The molecule has 0 fully saturated rings. The summed E-state index contributed by atoms with van der Waals surface area (Å²) in [6.07, 6.45) is 2.74. The van der Waals surface area contributed by atoms with Crippen LogP contribution in [0.5, 0.6) is 5.75 Å². The lowest BCUT2D eigenvalue weighted by molar-refractivity contribution is -0.137. The number of carbonyl (C=O) groups is 1. The molecule has 0 radical (unpaired) electrons. The van der Waals surface area contributed by atoms with Crippen LogP contribution in [0.15, 0.2) is 23.4 Å². The van der Waals surface area contributed by atoms with Crippen molar-refractivity contribution in [3.63, 3.8) is 0 Å². The van der Waals surface area contributed by atoms with Gasteiger partial charge < -0.3 is 9.47 Å². The number of nitrogens with zero attached hydrogens (tertiary/aromatic N) is 1. The van der Waals surface area contributed by atoms with Crippen molar-refractivity contribution in [3.8, 4) is 5.75 Å². The van der Waals surface area contributed by atoms with Crippen LogP contribution in [0.25, 0.3) is 6.08 Å². The first-order chi connectivity index (χ1) is 8.62. The fraction of sp³-hybridized carbons (Fsp3) is 0.308. The second kappa shape index (κ2) is 6.54. The van der Waals surface area contributed by atoms with Crippen molar-refractivity contribution in [2.24, 2.45) is 5.18 Å². The van der Waals surface area contributed by atoms with Crippen molar-refractivity contribution in [2.75, 3.05) is 13.7 Å². The summed E-state index contributed by atoms with van der Waals surface area (Å²) in [6.45, 7) is 3.84. The summed E-state index contributed by atoms with van der Waals surface area (Å²) in [7, 11) is 1.54. The smallest absolute Gasteiger partial charge is 0.330 e. The molecule has 18 heavy (non-hydrogen) atoms. The molecule has 0 aliphatic carbocycles. The summed E-state index contributed by atoms with van der Waals surface area (Å²) >= 11 is 0. The SMILES string of the molecule is CCOC(=O)/C=C/c1cc(OC)c(C)cc1N=O. The van der Waals surface area contributed by atoms with Gasteiger partial charge in [0.2, 0.25) is 0 Å². The van der Waals surface area contributed by atoms with Crippen molar-refractivity contribution in [3.05, 3.63) is 34.2 Å². The molecule has 0 atom stereocenters. The fourth-order valence-electron chi connectivity index (χ4n) is 1.47. The monoisotopic (exact) mass is 249 g/mol. The van der Waals surface area contributed by atoms with Gasteiger partial charge in [0.1, 0.15) is 11.4 Å². The first-order valence-electron chi connectivity index (χ1n) is 5.49. The third-order valence-corrected chi connectivity index (χ3v) is 2.33. The standard InChI is InChI=1S/C13H15NO4/c1-4-18-13(15)6-5-10-8-12(17-3)9(2)7-11(10)14-16/h5-8H,4H2,1-3H3/b6-5+. The predicted molar refractivity (Wildman–Crippen MR) is 68.9 cm³/mol. The summed E-state index contributed by atoms with van der Waals surface area (Å²) in [5.41, 5.74) is 1.58. The Kier molecular flexibility index (Phi) is 5.05. The van der Waals surface area contributed by atoms with Gasteiger partial charge in [-0.25, -0.2) is 4.79 Å². The number of esters is 1. The van der Waals surface area contributed by atoms with Crippen molar-refractivity contribution in [1.29, 1.82) is 0 Å². The van der Waals surface area contributed by atoms with Crippen LogP contribution >= 0.6 is 0 Å². The minimum absolute atomic E-state index is 0.258. The van der Waals surface area contributed by atoms with Crippen molar-refractivity contribution in [2.45, 2.75) is 13.8 Å². The number of ether oxygens (including phenoxy) is 2. The first kappa shape index (κ1) is 13.9. The highest BCUT2D eigenvalue weighted by Gasteiger charge is 2.07. The number of benzene rings is 1. The van der Waals surface area contributed by atoms with E-state index in [4.69, 9.17) is 9.47 Å². The van der Waals surface area contributed by atoms with E-state index in [1.54, 1.807) is 19.1 Å². The van der Waals surface area contributed by atoms with Crippen LogP contribution in [0.3, 0.4) is 0 Å². The van der Waals surface area contributed by atoms with Gasteiger partial charge in [0, 0.05) is 11.6 Å². The van der Waals surface area contributed by atoms with Crippen LogP contribution in [0.2, 0.25) is 0 Å². The molecule has 5 nitrogen and oxygen atoms in total. The minimum atomic E-state index is -0.464. The van der Waals surface area contributed by atoms with E-state index in [1.165, 1.54) is 19.3 Å². The molecule has 0 saturated heterocycles. The minimum Gasteiger partial charge on any atom is -0.496 e. The largest absolute Gasteiger partial charge is 0.496 e. The van der Waals surface area contributed by atoms with E-state index in [2.05, 4.69) is 5.18 Å². The Labute approximate surface area is 105 Å². The van der Waals surface area contributed by atoms with Gasteiger partial charge in [-0.2, -0.15) is 0 Å². The van der Waals surface area contributed by atoms with E-state index in [9.17, 15) is 9.70 Å². The Morgan fingerprint density at radius 1 is 1.44 bits per heavy atom. The zero-order valence-electron chi connectivity index (χ0n) is 10.6. The molecule has 0 N–H and O–H groups in total. The van der Waals surface area contributed by atoms with Crippen LogP contribution in [0, 0.1) is 11.8 Å². The first-order valence-corrected chi connectivity index (χ1v) is 5.49. The number of carbonyl (C=O) groups excluding carboxylic acids is 1. The van der Waals surface area contributed by atoms with Crippen LogP contribution in [0.1, 0.15) is 18.1 Å². The Bertz CT molecular complexity index is 480. The number of methoxy groups -OCH3 is 1. The van der Waals surface area contributed by atoms with E-state index >= 15 is 0 Å². The van der Waals surface area contributed by atoms with Crippen molar-refractivity contribution in [1.82, 2.24) is 0 Å². The molecule has 1 aromatic rings. The molecule has 0 heterocycles. The van der Waals surface area contributed by atoms with Crippen LogP contribution < -0.4 is 4.74 Å². The molecule has 96 valence electrons. The van der Waals surface area contributed by atoms with Gasteiger partial charge in [-0.3, -0.25) is 0 Å². The molecule has 0 unspecified atom stereocenters.